The third kappa shape index (κ3) is 8.38. The highest BCUT2D eigenvalue weighted by Crippen LogP contribution is 2.20. The van der Waals surface area contributed by atoms with Crippen molar-refractivity contribution in [3.05, 3.63) is 35.4 Å². The first-order chi connectivity index (χ1) is 23.8. The van der Waals surface area contributed by atoms with Gasteiger partial charge in [-0.1, -0.05) is 24.3 Å². The maximum atomic E-state index is 5.50. The zero-order valence-corrected chi connectivity index (χ0v) is 26.8. The van der Waals surface area contributed by atoms with Crippen molar-refractivity contribution < 1.29 is 18.9 Å². The number of benzene rings is 1. The average molecular weight is 661 g/mol. The van der Waals surface area contributed by atoms with Crippen LogP contribution in [0.3, 0.4) is 0 Å². The van der Waals surface area contributed by atoms with E-state index in [1.165, 1.54) is 0 Å². The van der Waals surface area contributed by atoms with Crippen LogP contribution < -0.4 is 30.5 Å². The van der Waals surface area contributed by atoms with Crippen molar-refractivity contribution in [1.82, 2.24) is 29.9 Å². The molecule has 7 rings (SSSR count). The summed E-state index contributed by atoms with van der Waals surface area (Å²) in [5.41, 5.74) is 7.77. The molecule has 18 nitrogen and oxygen atoms in total. The predicted molar refractivity (Wildman–Crippen MR) is 181 cm³/mol. The second-order valence-electron chi connectivity index (χ2n) is 11.3. The molecule has 4 aliphatic heterocycles. The van der Waals surface area contributed by atoms with E-state index in [0.717, 1.165) is 63.5 Å². The smallest absolute Gasteiger partial charge is 0.250 e. The molecule has 2 aromatic heterocycles. The minimum absolute atomic E-state index is 0.381. The number of ether oxygens (including phenoxy) is 4. The summed E-state index contributed by atoms with van der Waals surface area (Å²) in [4.78, 5) is 36.4. The number of nitrogens with one attached hydrogen (secondary N) is 2. The molecule has 48 heavy (non-hydrogen) atoms. The maximum absolute atomic E-state index is 5.50. The summed E-state index contributed by atoms with van der Waals surface area (Å²) in [6, 6.07) is 7.81. The van der Waals surface area contributed by atoms with Gasteiger partial charge >= 0.3 is 0 Å². The predicted octanol–water partition coefficient (Wildman–Crippen LogP) is 0.295. The summed E-state index contributed by atoms with van der Waals surface area (Å²) in [5.74, 6) is 3.19. The molecular formula is C30H40N14O4. The van der Waals surface area contributed by atoms with E-state index in [1.54, 1.807) is 12.4 Å². The van der Waals surface area contributed by atoms with Gasteiger partial charge in [0, 0.05) is 52.4 Å². The van der Waals surface area contributed by atoms with Gasteiger partial charge in [-0.25, -0.2) is 10.9 Å². The Hall–Kier alpha value is -4.78. The second-order valence-corrected chi connectivity index (χ2v) is 11.3. The molecule has 4 saturated heterocycles. The summed E-state index contributed by atoms with van der Waals surface area (Å²) < 4.78 is 22.0. The number of anilines is 6. The molecule has 254 valence electrons. The molecule has 4 fully saturated rings. The van der Waals surface area contributed by atoms with Gasteiger partial charge in [0.1, 0.15) is 0 Å². The zero-order chi connectivity index (χ0) is 32.4. The Morgan fingerprint density at radius 3 is 0.979 bits per heavy atom. The van der Waals surface area contributed by atoms with E-state index >= 15 is 0 Å². The number of hydrogen-bond acceptors (Lipinski definition) is 18. The van der Waals surface area contributed by atoms with E-state index < -0.39 is 0 Å². The van der Waals surface area contributed by atoms with Crippen LogP contribution in [0, 0.1) is 0 Å². The topological polar surface area (TPSA) is 176 Å². The lowest BCUT2D eigenvalue weighted by molar-refractivity contribution is 0.121. The van der Waals surface area contributed by atoms with E-state index in [1.807, 2.05) is 24.3 Å². The van der Waals surface area contributed by atoms with E-state index in [4.69, 9.17) is 28.9 Å². The molecule has 0 unspecified atom stereocenters. The minimum atomic E-state index is 0.381. The highest BCUT2D eigenvalue weighted by atomic mass is 16.5. The Balaban J connectivity index is 0.989. The molecule has 6 heterocycles. The quantitative estimate of drug-likeness (QED) is 0.224. The summed E-state index contributed by atoms with van der Waals surface area (Å²) in [7, 11) is 0. The van der Waals surface area contributed by atoms with Gasteiger partial charge < -0.3 is 38.5 Å². The first-order valence-electron chi connectivity index (χ1n) is 16.3. The van der Waals surface area contributed by atoms with Gasteiger partial charge in [-0.15, -0.1) is 0 Å². The van der Waals surface area contributed by atoms with Crippen molar-refractivity contribution in [2.24, 2.45) is 10.2 Å². The Morgan fingerprint density at radius 1 is 0.438 bits per heavy atom. The van der Waals surface area contributed by atoms with Gasteiger partial charge in [0.15, 0.2) is 0 Å². The van der Waals surface area contributed by atoms with Crippen molar-refractivity contribution in [3.63, 3.8) is 0 Å². The lowest BCUT2D eigenvalue weighted by Crippen LogP contribution is -2.40. The van der Waals surface area contributed by atoms with E-state index in [2.05, 4.69) is 60.6 Å². The minimum Gasteiger partial charge on any atom is -0.378 e. The Labute approximate surface area is 278 Å². The van der Waals surface area contributed by atoms with Gasteiger partial charge in [0.2, 0.25) is 35.7 Å². The third-order valence-electron chi connectivity index (χ3n) is 8.09. The van der Waals surface area contributed by atoms with Crippen LogP contribution in [-0.2, 0) is 18.9 Å². The summed E-state index contributed by atoms with van der Waals surface area (Å²) in [6.07, 6.45) is 3.44. The highest BCUT2D eigenvalue weighted by Gasteiger charge is 2.22. The Bertz CT molecular complexity index is 1350. The number of hydrazone groups is 2. The Kier molecular flexibility index (Phi) is 10.5. The molecule has 0 atom stereocenters. The van der Waals surface area contributed by atoms with Crippen LogP contribution in [0.1, 0.15) is 11.1 Å². The standard InChI is InChI=1S/C30H40N14O4/c1-2-24(22-32-40-26-35-29(43-9-17-47-18-10-43)38-30(36-26)44-11-19-48-20-12-44)4-3-23(1)21-31-39-25-33-27(41-5-13-45-14-6-41)37-28(34-25)42-7-15-46-16-8-42/h1-4,21-22H,5-20H2,(H,33,34,37,39)(H,35,36,38,40)/b31-21-,32-22-. The van der Waals surface area contributed by atoms with Crippen LogP contribution >= 0.6 is 0 Å². The van der Waals surface area contributed by atoms with Crippen molar-refractivity contribution in [3.8, 4) is 0 Å². The fraction of sp³-hybridized carbons (Fsp3) is 0.533. The van der Waals surface area contributed by atoms with E-state index in [9.17, 15) is 0 Å². The second kappa shape index (κ2) is 15.9. The number of rotatable bonds is 10. The van der Waals surface area contributed by atoms with Crippen LogP contribution in [0.5, 0.6) is 0 Å². The molecule has 4 aliphatic rings. The van der Waals surface area contributed by atoms with Crippen molar-refractivity contribution in [2.45, 2.75) is 0 Å². The van der Waals surface area contributed by atoms with Gasteiger partial charge in [-0.2, -0.15) is 40.1 Å². The van der Waals surface area contributed by atoms with Gasteiger partial charge in [0.05, 0.1) is 65.3 Å². The van der Waals surface area contributed by atoms with Crippen molar-refractivity contribution >= 4 is 48.1 Å². The van der Waals surface area contributed by atoms with Crippen molar-refractivity contribution in [1.29, 1.82) is 0 Å². The molecule has 0 radical (unpaired) electrons. The summed E-state index contributed by atoms with van der Waals surface area (Å²) in [5, 5.41) is 8.81. The summed E-state index contributed by atoms with van der Waals surface area (Å²) >= 11 is 0. The number of morpholine rings is 4. The third-order valence-corrected chi connectivity index (χ3v) is 8.09. The molecule has 3 aromatic rings. The fourth-order valence-corrected chi connectivity index (χ4v) is 5.42. The van der Waals surface area contributed by atoms with Crippen LogP contribution in [0.2, 0.25) is 0 Å². The molecule has 0 bridgehead atoms. The lowest BCUT2D eigenvalue weighted by Gasteiger charge is -2.30. The molecule has 18 heteroatoms. The molecule has 0 spiro atoms. The van der Waals surface area contributed by atoms with Crippen molar-refractivity contribution in [2.75, 3.05) is 136 Å². The molecule has 1 aromatic carbocycles. The maximum Gasteiger partial charge on any atom is 0.250 e. The first kappa shape index (κ1) is 31.8. The lowest BCUT2D eigenvalue weighted by atomic mass is 10.2. The largest absolute Gasteiger partial charge is 0.378 e. The average Bonchev–Trinajstić information content (AvgIpc) is 3.17. The van der Waals surface area contributed by atoms with Crippen LogP contribution in [0.15, 0.2) is 34.5 Å². The Morgan fingerprint density at radius 2 is 0.708 bits per heavy atom. The van der Waals surface area contributed by atoms with Gasteiger partial charge in [-0.3, -0.25) is 0 Å². The van der Waals surface area contributed by atoms with Crippen LogP contribution in [0.25, 0.3) is 0 Å². The van der Waals surface area contributed by atoms with Gasteiger partial charge in [0.25, 0.3) is 0 Å². The number of hydrogen-bond donors (Lipinski definition) is 2. The normalized spacial score (nSPS) is 19.3. The van der Waals surface area contributed by atoms with Crippen LogP contribution in [-0.4, -0.2) is 148 Å². The number of aromatic nitrogens is 6. The zero-order valence-electron chi connectivity index (χ0n) is 26.8. The molecule has 2 N–H and O–H groups in total. The molecule has 0 amide bonds. The van der Waals surface area contributed by atoms with Gasteiger partial charge in [-0.05, 0) is 11.1 Å². The van der Waals surface area contributed by atoms with E-state index in [-0.39, 0.29) is 0 Å². The number of nitrogens with zero attached hydrogens (tertiary/aromatic N) is 12. The molecule has 0 aliphatic carbocycles. The monoisotopic (exact) mass is 660 g/mol. The van der Waals surface area contributed by atoms with Crippen LogP contribution in [0.4, 0.5) is 35.7 Å². The molecule has 0 saturated carbocycles. The summed E-state index contributed by atoms with van der Waals surface area (Å²) in [6.45, 7) is 10.9. The SMILES string of the molecule is C(=N/Nc1nc(N2CCOCC2)nc(N2CCOCC2)n1)/c1ccc(/C=N\Nc2nc(N3CCOCC3)nc(N3CCOCC3)n2)cc1. The van der Waals surface area contributed by atoms with E-state index in [0.29, 0.717) is 88.5 Å². The highest BCUT2D eigenvalue weighted by molar-refractivity contribution is 5.84. The molecular weight excluding hydrogens is 620 g/mol. The first-order valence-corrected chi connectivity index (χ1v) is 16.3. The fourth-order valence-electron chi connectivity index (χ4n) is 5.42.